The van der Waals surface area contributed by atoms with Crippen LogP contribution in [0, 0.1) is 27.7 Å². The highest BCUT2D eigenvalue weighted by atomic mass is 14.2. The molecule has 0 bridgehead atoms. The van der Waals surface area contributed by atoms with E-state index in [4.69, 9.17) is 0 Å². The van der Waals surface area contributed by atoms with Gasteiger partial charge in [0.25, 0.3) is 0 Å². The first-order chi connectivity index (χ1) is 8.50. The van der Waals surface area contributed by atoms with Crippen LogP contribution in [0.5, 0.6) is 0 Å². The number of rotatable bonds is 2. The van der Waals surface area contributed by atoms with Crippen molar-refractivity contribution in [2.75, 3.05) is 0 Å². The van der Waals surface area contributed by atoms with Crippen LogP contribution >= 0.6 is 0 Å². The van der Waals surface area contributed by atoms with Crippen LogP contribution in [-0.4, -0.2) is 0 Å². The zero-order chi connectivity index (χ0) is 13.3. The molecule has 0 heterocycles. The van der Waals surface area contributed by atoms with Crippen LogP contribution in [0.15, 0.2) is 36.4 Å². The van der Waals surface area contributed by atoms with Crippen LogP contribution in [-0.2, 0) is 0 Å². The zero-order valence-electron chi connectivity index (χ0n) is 12.0. The molecule has 0 spiro atoms. The van der Waals surface area contributed by atoms with Gasteiger partial charge in [-0.2, -0.15) is 0 Å². The van der Waals surface area contributed by atoms with Crippen molar-refractivity contribution in [2.24, 2.45) is 0 Å². The maximum Gasteiger partial charge on any atom is 0.00663 e. The summed E-state index contributed by atoms with van der Waals surface area (Å²) in [5.74, 6) is 0.463. The molecule has 18 heavy (non-hydrogen) atoms. The summed E-state index contributed by atoms with van der Waals surface area (Å²) in [4.78, 5) is 0. The van der Waals surface area contributed by atoms with Crippen molar-refractivity contribution in [1.29, 1.82) is 0 Å². The average molecular weight is 238 g/mol. The van der Waals surface area contributed by atoms with Gasteiger partial charge in [-0.1, -0.05) is 48.9 Å². The number of hydrogen-bond donors (Lipinski definition) is 0. The lowest BCUT2D eigenvalue weighted by molar-refractivity contribution is 0.894. The summed E-state index contributed by atoms with van der Waals surface area (Å²) >= 11 is 0. The van der Waals surface area contributed by atoms with E-state index in [-0.39, 0.29) is 0 Å². The van der Waals surface area contributed by atoms with Gasteiger partial charge >= 0.3 is 0 Å². The molecule has 0 aliphatic carbocycles. The van der Waals surface area contributed by atoms with Crippen LogP contribution < -0.4 is 0 Å². The normalized spacial score (nSPS) is 12.5. The Morgan fingerprint density at radius 1 is 0.778 bits per heavy atom. The van der Waals surface area contributed by atoms with Gasteiger partial charge in [0.1, 0.15) is 0 Å². The smallest absolute Gasteiger partial charge is 0.00663 e. The summed E-state index contributed by atoms with van der Waals surface area (Å²) in [5.41, 5.74) is 8.41. The standard InChI is InChI=1S/C18H22/c1-12-9-10-17(14(3)11-12)16(5)18-8-6-7-13(2)15(18)4/h6-11,16H,1-5H3. The predicted octanol–water partition coefficient (Wildman–Crippen LogP) is 5.07. The Balaban J connectivity index is 2.48. The maximum absolute atomic E-state index is 2.30. The van der Waals surface area contributed by atoms with Crippen molar-refractivity contribution in [1.82, 2.24) is 0 Å². The van der Waals surface area contributed by atoms with E-state index in [9.17, 15) is 0 Å². The SMILES string of the molecule is Cc1ccc(C(C)c2cccc(C)c2C)c(C)c1. The molecule has 2 aromatic carbocycles. The molecule has 0 amide bonds. The fourth-order valence-electron chi connectivity index (χ4n) is 2.72. The van der Waals surface area contributed by atoms with Gasteiger partial charge in [-0.3, -0.25) is 0 Å². The lowest BCUT2D eigenvalue weighted by Gasteiger charge is -2.19. The fourth-order valence-corrected chi connectivity index (χ4v) is 2.72. The van der Waals surface area contributed by atoms with E-state index in [1.54, 1.807) is 0 Å². The van der Waals surface area contributed by atoms with Crippen molar-refractivity contribution < 1.29 is 0 Å². The lowest BCUT2D eigenvalue weighted by atomic mass is 9.86. The molecule has 0 saturated carbocycles. The molecule has 0 aromatic heterocycles. The molecule has 0 aliphatic heterocycles. The fraction of sp³-hybridized carbons (Fsp3) is 0.333. The van der Waals surface area contributed by atoms with Gasteiger partial charge in [-0.15, -0.1) is 0 Å². The van der Waals surface area contributed by atoms with Crippen LogP contribution in [0.3, 0.4) is 0 Å². The minimum Gasteiger partial charge on any atom is -0.0617 e. The van der Waals surface area contributed by atoms with Crippen molar-refractivity contribution in [3.05, 3.63) is 69.8 Å². The lowest BCUT2D eigenvalue weighted by Crippen LogP contribution is -2.02. The van der Waals surface area contributed by atoms with E-state index >= 15 is 0 Å². The van der Waals surface area contributed by atoms with Gasteiger partial charge in [-0.25, -0.2) is 0 Å². The second-order valence-electron chi connectivity index (χ2n) is 5.37. The summed E-state index contributed by atoms with van der Waals surface area (Å²) < 4.78 is 0. The largest absolute Gasteiger partial charge is 0.0617 e. The van der Waals surface area contributed by atoms with Gasteiger partial charge in [-0.05, 0) is 55.5 Å². The second-order valence-corrected chi connectivity index (χ2v) is 5.37. The number of hydrogen-bond acceptors (Lipinski definition) is 0. The van der Waals surface area contributed by atoms with Crippen LogP contribution in [0.2, 0.25) is 0 Å². The van der Waals surface area contributed by atoms with Crippen molar-refractivity contribution in [2.45, 2.75) is 40.5 Å². The molecule has 2 rings (SSSR count). The van der Waals surface area contributed by atoms with Crippen molar-refractivity contribution >= 4 is 0 Å². The Bertz CT molecular complexity index is 564. The maximum atomic E-state index is 2.30. The van der Waals surface area contributed by atoms with E-state index in [1.165, 1.54) is 33.4 Å². The van der Waals surface area contributed by atoms with Gasteiger partial charge < -0.3 is 0 Å². The predicted molar refractivity (Wildman–Crippen MR) is 79.3 cm³/mol. The third kappa shape index (κ3) is 2.33. The number of aryl methyl sites for hydroxylation is 3. The van der Waals surface area contributed by atoms with Gasteiger partial charge in [0.2, 0.25) is 0 Å². The first kappa shape index (κ1) is 12.9. The molecular formula is C18H22. The Hall–Kier alpha value is -1.56. The molecule has 0 nitrogen and oxygen atoms in total. The molecule has 1 atom stereocenters. The van der Waals surface area contributed by atoms with Crippen molar-refractivity contribution in [3.8, 4) is 0 Å². The highest BCUT2D eigenvalue weighted by molar-refractivity contribution is 5.43. The summed E-state index contributed by atoms with van der Waals surface area (Å²) in [7, 11) is 0. The number of benzene rings is 2. The van der Waals surface area contributed by atoms with E-state index in [0.29, 0.717) is 5.92 Å². The van der Waals surface area contributed by atoms with Gasteiger partial charge in [0.15, 0.2) is 0 Å². The van der Waals surface area contributed by atoms with Crippen LogP contribution in [0.4, 0.5) is 0 Å². The monoisotopic (exact) mass is 238 g/mol. The topological polar surface area (TPSA) is 0 Å². The zero-order valence-corrected chi connectivity index (χ0v) is 12.0. The molecule has 0 saturated heterocycles. The molecule has 0 fully saturated rings. The van der Waals surface area contributed by atoms with E-state index in [0.717, 1.165) is 0 Å². The molecule has 0 radical (unpaired) electrons. The van der Waals surface area contributed by atoms with Crippen molar-refractivity contribution in [3.63, 3.8) is 0 Å². The molecule has 1 unspecified atom stereocenters. The highest BCUT2D eigenvalue weighted by Crippen LogP contribution is 2.30. The first-order valence-electron chi connectivity index (χ1n) is 6.64. The molecule has 0 aliphatic rings. The summed E-state index contributed by atoms with van der Waals surface area (Å²) in [5, 5.41) is 0. The Morgan fingerprint density at radius 3 is 2.17 bits per heavy atom. The van der Waals surface area contributed by atoms with Crippen LogP contribution in [0.1, 0.15) is 46.2 Å². The molecular weight excluding hydrogens is 216 g/mol. The van der Waals surface area contributed by atoms with Gasteiger partial charge in [0, 0.05) is 5.92 Å². The van der Waals surface area contributed by atoms with E-state index < -0.39 is 0 Å². The minimum atomic E-state index is 0.463. The quantitative estimate of drug-likeness (QED) is 0.685. The molecule has 0 N–H and O–H groups in total. The Kier molecular flexibility index (Phi) is 3.56. The second kappa shape index (κ2) is 4.97. The third-order valence-corrected chi connectivity index (χ3v) is 4.00. The van der Waals surface area contributed by atoms with E-state index in [2.05, 4.69) is 71.0 Å². The Labute approximate surface area is 111 Å². The van der Waals surface area contributed by atoms with Crippen LogP contribution in [0.25, 0.3) is 0 Å². The molecule has 0 heteroatoms. The third-order valence-electron chi connectivity index (χ3n) is 4.00. The summed E-state index contributed by atoms with van der Waals surface area (Å²) in [6, 6.07) is 13.4. The highest BCUT2D eigenvalue weighted by Gasteiger charge is 2.13. The summed E-state index contributed by atoms with van der Waals surface area (Å²) in [6.07, 6.45) is 0. The van der Waals surface area contributed by atoms with Gasteiger partial charge in [0.05, 0.1) is 0 Å². The molecule has 2 aromatic rings. The average Bonchev–Trinajstić information content (AvgIpc) is 2.32. The minimum absolute atomic E-state index is 0.463. The summed E-state index contributed by atoms with van der Waals surface area (Å²) in [6.45, 7) is 11.1. The first-order valence-corrected chi connectivity index (χ1v) is 6.64. The molecule has 94 valence electrons. The van der Waals surface area contributed by atoms with E-state index in [1.807, 2.05) is 0 Å². The Morgan fingerprint density at radius 2 is 1.50 bits per heavy atom.